The van der Waals surface area contributed by atoms with Gasteiger partial charge in [-0.15, -0.1) is 0 Å². The van der Waals surface area contributed by atoms with E-state index in [9.17, 15) is 13.2 Å². The predicted molar refractivity (Wildman–Crippen MR) is 49.7 cm³/mol. The Bertz CT molecular complexity index is 397. The van der Waals surface area contributed by atoms with Gasteiger partial charge >= 0.3 is 0 Å². The minimum Gasteiger partial charge on any atom is -0.280 e. The fourth-order valence-electron chi connectivity index (χ4n) is 0.733. The lowest BCUT2D eigenvalue weighted by Gasteiger charge is -2.03. The Kier molecular flexibility index (Phi) is 2.67. The molecule has 1 aromatic carbocycles. The number of carbonyl (C=O) groups excluding carboxylic acids is 1. The molecular weight excluding hydrogens is 190 g/mol. The van der Waals surface area contributed by atoms with E-state index < -0.39 is 15.1 Å². The van der Waals surface area contributed by atoms with Crippen LogP contribution < -0.4 is 4.72 Å². The van der Waals surface area contributed by atoms with Crippen LogP contribution in [0.5, 0.6) is 0 Å². The number of carbonyl (C=O) groups is 1. The van der Waals surface area contributed by atoms with Gasteiger partial charge in [-0.25, -0.2) is 0 Å². The molecule has 0 aliphatic rings. The Morgan fingerprint density at radius 2 is 1.77 bits per heavy atom. The normalized spacial score (nSPS) is 10.8. The van der Waals surface area contributed by atoms with Crippen LogP contribution in [0.4, 0.5) is 5.69 Å². The minimum absolute atomic E-state index is 0.387. The molecule has 0 spiro atoms. The van der Waals surface area contributed by atoms with Crippen molar-refractivity contribution in [3.05, 3.63) is 30.3 Å². The highest BCUT2D eigenvalue weighted by atomic mass is 32.2. The van der Waals surface area contributed by atoms with Crippen LogP contribution in [0.25, 0.3) is 0 Å². The number of hydrogen-bond acceptors (Lipinski definition) is 3. The first-order chi connectivity index (χ1) is 6.02. The van der Waals surface area contributed by atoms with Gasteiger partial charge in [-0.1, -0.05) is 18.2 Å². The molecule has 1 rings (SSSR count). The van der Waals surface area contributed by atoms with Crippen molar-refractivity contribution in [1.82, 2.24) is 0 Å². The van der Waals surface area contributed by atoms with Crippen molar-refractivity contribution in [2.24, 2.45) is 0 Å². The lowest BCUT2D eigenvalue weighted by atomic mass is 10.3. The molecule has 13 heavy (non-hydrogen) atoms. The van der Waals surface area contributed by atoms with Crippen LogP contribution in [-0.4, -0.2) is 13.5 Å². The highest BCUT2D eigenvalue weighted by molar-refractivity contribution is 8.07. The lowest BCUT2D eigenvalue weighted by molar-refractivity contribution is -0.109. The molecule has 0 amide bonds. The maximum Gasteiger partial charge on any atom is 0.295 e. The molecule has 0 bridgehead atoms. The highest BCUT2D eigenvalue weighted by Crippen LogP contribution is 2.07. The van der Waals surface area contributed by atoms with Crippen molar-refractivity contribution in [3.8, 4) is 0 Å². The molecule has 0 aliphatic carbocycles. The van der Waals surface area contributed by atoms with E-state index in [-0.39, 0.29) is 0 Å². The Morgan fingerprint density at radius 3 is 2.23 bits per heavy atom. The van der Waals surface area contributed by atoms with E-state index in [1.165, 1.54) is 0 Å². The molecule has 1 aromatic rings. The Hall–Kier alpha value is -1.36. The first kappa shape index (κ1) is 9.73. The molecule has 0 atom stereocenters. The maximum atomic E-state index is 11.0. The van der Waals surface area contributed by atoms with Crippen molar-refractivity contribution in [3.63, 3.8) is 0 Å². The third kappa shape index (κ3) is 2.55. The topological polar surface area (TPSA) is 63.2 Å². The van der Waals surface area contributed by atoms with E-state index in [1.807, 2.05) is 0 Å². The summed E-state index contributed by atoms with van der Waals surface area (Å²) in [7, 11) is -3.84. The summed E-state index contributed by atoms with van der Waals surface area (Å²) in [6, 6.07) is 8.25. The van der Waals surface area contributed by atoms with Crippen molar-refractivity contribution in [1.29, 1.82) is 0 Å². The van der Waals surface area contributed by atoms with E-state index >= 15 is 0 Å². The minimum atomic E-state index is -3.84. The van der Waals surface area contributed by atoms with E-state index in [2.05, 4.69) is 4.72 Å². The first-order valence-electron chi connectivity index (χ1n) is 3.61. The summed E-state index contributed by atoms with van der Waals surface area (Å²) in [6.45, 7) is 1.01. The third-order valence-electron chi connectivity index (χ3n) is 1.40. The van der Waals surface area contributed by atoms with Crippen molar-refractivity contribution >= 4 is 20.8 Å². The largest absolute Gasteiger partial charge is 0.295 e. The first-order valence-corrected chi connectivity index (χ1v) is 5.09. The van der Waals surface area contributed by atoms with Crippen LogP contribution in [0.2, 0.25) is 0 Å². The highest BCUT2D eigenvalue weighted by Gasteiger charge is 2.15. The molecule has 1 N–H and O–H groups in total. The van der Waals surface area contributed by atoms with Gasteiger partial charge in [-0.2, -0.15) is 8.42 Å². The second-order valence-corrected chi connectivity index (χ2v) is 4.25. The third-order valence-corrected chi connectivity index (χ3v) is 2.67. The molecule has 0 aliphatic heterocycles. The number of rotatable bonds is 2. The van der Waals surface area contributed by atoms with Gasteiger partial charge in [0.2, 0.25) is 0 Å². The van der Waals surface area contributed by atoms with Gasteiger partial charge in [-0.05, 0) is 12.1 Å². The molecule has 0 saturated carbocycles. The smallest absolute Gasteiger partial charge is 0.280 e. The SMILES string of the molecule is CC(=O)S(=O)(=O)Nc1ccccc1. The molecule has 5 heteroatoms. The van der Waals surface area contributed by atoms with E-state index in [0.29, 0.717) is 5.69 Å². The fraction of sp³-hybridized carbons (Fsp3) is 0.125. The molecule has 4 nitrogen and oxygen atoms in total. The summed E-state index contributed by atoms with van der Waals surface area (Å²) in [5.74, 6) is 0. The molecule has 0 unspecified atom stereocenters. The van der Waals surface area contributed by atoms with Gasteiger partial charge in [0, 0.05) is 12.6 Å². The van der Waals surface area contributed by atoms with Gasteiger partial charge in [0.15, 0.2) is 0 Å². The quantitative estimate of drug-likeness (QED) is 0.772. The van der Waals surface area contributed by atoms with E-state index in [1.54, 1.807) is 30.3 Å². The van der Waals surface area contributed by atoms with Gasteiger partial charge in [0.1, 0.15) is 0 Å². The van der Waals surface area contributed by atoms with Crippen LogP contribution in [-0.2, 0) is 14.8 Å². The summed E-state index contributed by atoms with van der Waals surface area (Å²) in [5, 5.41) is -0.892. The van der Waals surface area contributed by atoms with Gasteiger partial charge < -0.3 is 0 Å². The number of nitrogens with one attached hydrogen (secondary N) is 1. The number of hydrogen-bond donors (Lipinski definition) is 1. The number of para-hydroxylation sites is 1. The summed E-state index contributed by atoms with van der Waals surface area (Å²) in [4.78, 5) is 10.6. The van der Waals surface area contributed by atoms with Crippen molar-refractivity contribution in [2.75, 3.05) is 4.72 Å². The summed E-state index contributed by atoms with van der Waals surface area (Å²) in [5.41, 5.74) is 0.387. The molecule has 0 fully saturated rings. The standard InChI is InChI=1S/C8H9NO3S/c1-7(10)13(11,12)9-8-5-3-2-4-6-8/h2-6,9H,1H3. The average molecular weight is 199 g/mol. The van der Waals surface area contributed by atoms with Crippen molar-refractivity contribution < 1.29 is 13.2 Å². The Labute approximate surface area is 76.6 Å². The van der Waals surface area contributed by atoms with Gasteiger partial charge in [-0.3, -0.25) is 9.52 Å². The Balaban J connectivity index is 2.88. The number of sulfonamides is 1. The van der Waals surface area contributed by atoms with Crippen LogP contribution >= 0.6 is 0 Å². The zero-order valence-corrected chi connectivity index (χ0v) is 7.84. The number of anilines is 1. The molecule has 0 radical (unpaired) electrons. The maximum absolute atomic E-state index is 11.0. The lowest BCUT2D eigenvalue weighted by Crippen LogP contribution is -2.19. The van der Waals surface area contributed by atoms with E-state index in [4.69, 9.17) is 0 Å². The van der Waals surface area contributed by atoms with E-state index in [0.717, 1.165) is 6.92 Å². The van der Waals surface area contributed by atoms with Crippen LogP contribution in [0.3, 0.4) is 0 Å². The molecule has 0 aromatic heterocycles. The number of benzene rings is 1. The van der Waals surface area contributed by atoms with Gasteiger partial charge in [0.25, 0.3) is 15.1 Å². The fourth-order valence-corrected chi connectivity index (χ4v) is 1.32. The second-order valence-electron chi connectivity index (χ2n) is 2.46. The summed E-state index contributed by atoms with van der Waals surface area (Å²) < 4.78 is 24.2. The molecular formula is C8H9NO3S. The van der Waals surface area contributed by atoms with Crippen LogP contribution in [0.1, 0.15) is 6.92 Å². The Morgan fingerprint density at radius 1 is 1.23 bits per heavy atom. The summed E-state index contributed by atoms with van der Waals surface area (Å²) in [6.07, 6.45) is 0. The average Bonchev–Trinajstić information content (AvgIpc) is 2.05. The zero-order chi connectivity index (χ0) is 9.90. The van der Waals surface area contributed by atoms with Crippen LogP contribution in [0.15, 0.2) is 30.3 Å². The molecule has 70 valence electrons. The zero-order valence-electron chi connectivity index (χ0n) is 7.02. The summed E-state index contributed by atoms with van der Waals surface area (Å²) >= 11 is 0. The second kappa shape index (κ2) is 3.57. The monoisotopic (exact) mass is 199 g/mol. The molecule has 0 heterocycles. The van der Waals surface area contributed by atoms with Crippen molar-refractivity contribution in [2.45, 2.75) is 6.92 Å². The molecule has 0 saturated heterocycles. The predicted octanol–water partition coefficient (Wildman–Crippen LogP) is 0.975. The van der Waals surface area contributed by atoms with Gasteiger partial charge in [0.05, 0.1) is 0 Å². The van der Waals surface area contributed by atoms with Crippen LogP contribution in [0, 0.1) is 0 Å².